The molecule has 18 heavy (non-hydrogen) atoms. The van der Waals surface area contributed by atoms with Gasteiger partial charge in [-0.15, -0.1) is 0 Å². The number of likely N-dealkylation sites (N-methyl/N-ethyl adjacent to an activating group) is 1. The molecule has 0 saturated carbocycles. The molecule has 0 aliphatic rings. The maximum atomic E-state index is 13.2. The van der Waals surface area contributed by atoms with Crippen molar-refractivity contribution in [3.05, 3.63) is 35.6 Å². The number of halogens is 1. The molecule has 0 heterocycles. The average Bonchev–Trinajstić information content (AvgIpc) is 2.38. The van der Waals surface area contributed by atoms with Crippen LogP contribution in [0, 0.1) is 5.82 Å². The maximum absolute atomic E-state index is 13.2. The van der Waals surface area contributed by atoms with Gasteiger partial charge in [-0.1, -0.05) is 26.0 Å². The molecule has 3 heteroatoms. The molecule has 2 nitrogen and oxygen atoms in total. The van der Waals surface area contributed by atoms with Crippen LogP contribution in [-0.4, -0.2) is 26.3 Å². The number of benzene rings is 1. The van der Waals surface area contributed by atoms with Crippen molar-refractivity contribution in [3.8, 4) is 0 Å². The van der Waals surface area contributed by atoms with Crippen molar-refractivity contribution in [2.24, 2.45) is 0 Å². The SMILES string of the molecule is CCCOCCC(CNCC)c1cccc(F)c1. The van der Waals surface area contributed by atoms with E-state index in [0.717, 1.165) is 44.7 Å². The summed E-state index contributed by atoms with van der Waals surface area (Å²) in [7, 11) is 0. The summed E-state index contributed by atoms with van der Waals surface area (Å²) in [4.78, 5) is 0. The lowest BCUT2D eigenvalue weighted by Gasteiger charge is -2.18. The molecule has 0 saturated heterocycles. The lowest BCUT2D eigenvalue weighted by molar-refractivity contribution is 0.127. The minimum Gasteiger partial charge on any atom is -0.381 e. The van der Waals surface area contributed by atoms with Crippen molar-refractivity contribution < 1.29 is 9.13 Å². The Hall–Kier alpha value is -0.930. The molecule has 0 amide bonds. The quantitative estimate of drug-likeness (QED) is 0.682. The second-order valence-electron chi connectivity index (χ2n) is 4.46. The monoisotopic (exact) mass is 253 g/mol. The fraction of sp³-hybridized carbons (Fsp3) is 0.600. The molecule has 102 valence electrons. The first-order chi connectivity index (χ1) is 8.77. The molecular weight excluding hydrogens is 229 g/mol. The van der Waals surface area contributed by atoms with E-state index in [9.17, 15) is 4.39 Å². The molecule has 0 bridgehead atoms. The molecule has 1 aromatic carbocycles. The molecule has 1 atom stereocenters. The van der Waals surface area contributed by atoms with Crippen LogP contribution in [0.4, 0.5) is 4.39 Å². The van der Waals surface area contributed by atoms with Gasteiger partial charge in [0.2, 0.25) is 0 Å². The van der Waals surface area contributed by atoms with Crippen LogP contribution in [0.1, 0.15) is 38.2 Å². The van der Waals surface area contributed by atoms with Crippen LogP contribution in [-0.2, 0) is 4.74 Å². The summed E-state index contributed by atoms with van der Waals surface area (Å²) in [6.07, 6.45) is 1.97. The number of ether oxygens (including phenoxy) is 1. The van der Waals surface area contributed by atoms with Gasteiger partial charge >= 0.3 is 0 Å². The Morgan fingerprint density at radius 2 is 2.11 bits per heavy atom. The molecule has 0 aromatic heterocycles. The Kier molecular flexibility index (Phi) is 7.62. The number of hydrogen-bond acceptors (Lipinski definition) is 2. The number of hydrogen-bond donors (Lipinski definition) is 1. The van der Waals surface area contributed by atoms with Crippen LogP contribution in [0.15, 0.2) is 24.3 Å². The van der Waals surface area contributed by atoms with Gasteiger partial charge in [0.05, 0.1) is 0 Å². The molecule has 1 rings (SSSR count). The predicted molar refractivity (Wildman–Crippen MR) is 73.4 cm³/mol. The number of nitrogens with one attached hydrogen (secondary N) is 1. The molecule has 0 radical (unpaired) electrons. The lowest BCUT2D eigenvalue weighted by atomic mass is 9.96. The van der Waals surface area contributed by atoms with E-state index in [-0.39, 0.29) is 5.82 Å². The fourth-order valence-corrected chi connectivity index (χ4v) is 1.94. The van der Waals surface area contributed by atoms with E-state index in [1.807, 2.05) is 6.07 Å². The van der Waals surface area contributed by atoms with Gasteiger partial charge in [-0.2, -0.15) is 0 Å². The third-order valence-electron chi connectivity index (χ3n) is 2.92. The summed E-state index contributed by atoms with van der Waals surface area (Å²) in [5, 5.41) is 3.33. The third kappa shape index (κ3) is 5.61. The first-order valence-corrected chi connectivity index (χ1v) is 6.81. The van der Waals surface area contributed by atoms with E-state index >= 15 is 0 Å². The smallest absolute Gasteiger partial charge is 0.123 e. The van der Waals surface area contributed by atoms with Crippen LogP contribution >= 0.6 is 0 Å². The van der Waals surface area contributed by atoms with Crippen LogP contribution in [0.25, 0.3) is 0 Å². The third-order valence-corrected chi connectivity index (χ3v) is 2.92. The minimum absolute atomic E-state index is 0.163. The van der Waals surface area contributed by atoms with E-state index in [1.165, 1.54) is 6.07 Å². The van der Waals surface area contributed by atoms with Gasteiger partial charge in [-0.25, -0.2) is 4.39 Å². The van der Waals surface area contributed by atoms with Gasteiger partial charge in [0, 0.05) is 19.8 Å². The van der Waals surface area contributed by atoms with Gasteiger partial charge < -0.3 is 10.1 Å². The molecule has 0 spiro atoms. The van der Waals surface area contributed by atoms with E-state index in [2.05, 4.69) is 19.2 Å². The van der Waals surface area contributed by atoms with Crippen molar-refractivity contribution in [3.63, 3.8) is 0 Å². The van der Waals surface area contributed by atoms with Crippen molar-refractivity contribution in [1.29, 1.82) is 0 Å². The van der Waals surface area contributed by atoms with Crippen molar-refractivity contribution >= 4 is 0 Å². The molecule has 1 aromatic rings. The zero-order valence-corrected chi connectivity index (χ0v) is 11.4. The average molecular weight is 253 g/mol. The van der Waals surface area contributed by atoms with Crippen molar-refractivity contribution in [2.45, 2.75) is 32.6 Å². The Bertz CT molecular complexity index is 330. The molecule has 0 aliphatic carbocycles. The van der Waals surface area contributed by atoms with Gasteiger partial charge in [0.25, 0.3) is 0 Å². The first-order valence-electron chi connectivity index (χ1n) is 6.81. The number of rotatable bonds is 9. The van der Waals surface area contributed by atoms with Crippen LogP contribution in [0.3, 0.4) is 0 Å². The first kappa shape index (κ1) is 15.1. The Labute approximate surface area is 110 Å². The predicted octanol–water partition coefficient (Wildman–Crippen LogP) is 3.34. The second-order valence-corrected chi connectivity index (χ2v) is 4.46. The Morgan fingerprint density at radius 1 is 1.28 bits per heavy atom. The Balaban J connectivity index is 2.54. The summed E-state index contributed by atoms with van der Waals surface area (Å²) in [5.41, 5.74) is 1.05. The summed E-state index contributed by atoms with van der Waals surface area (Å²) in [6.45, 7) is 7.52. The van der Waals surface area contributed by atoms with E-state index in [4.69, 9.17) is 4.74 Å². The zero-order valence-electron chi connectivity index (χ0n) is 11.4. The molecule has 0 fully saturated rings. The standard InChI is InChI=1S/C15H24FNO/c1-3-9-18-10-8-14(12-17-4-2)13-6-5-7-15(16)11-13/h5-7,11,14,17H,3-4,8-10,12H2,1-2H3. The molecule has 1 N–H and O–H groups in total. The highest BCUT2D eigenvalue weighted by atomic mass is 19.1. The summed E-state index contributed by atoms with van der Waals surface area (Å²) in [5.74, 6) is 0.154. The fourth-order valence-electron chi connectivity index (χ4n) is 1.94. The largest absolute Gasteiger partial charge is 0.381 e. The molecule has 1 unspecified atom stereocenters. The summed E-state index contributed by atoms with van der Waals surface area (Å²) in [6, 6.07) is 6.88. The van der Waals surface area contributed by atoms with E-state index in [0.29, 0.717) is 5.92 Å². The van der Waals surface area contributed by atoms with E-state index in [1.54, 1.807) is 12.1 Å². The molecular formula is C15H24FNO. The topological polar surface area (TPSA) is 21.3 Å². The summed E-state index contributed by atoms with van der Waals surface area (Å²) < 4.78 is 18.8. The normalized spacial score (nSPS) is 12.6. The summed E-state index contributed by atoms with van der Waals surface area (Å²) >= 11 is 0. The Morgan fingerprint density at radius 3 is 2.78 bits per heavy atom. The van der Waals surface area contributed by atoms with Gasteiger partial charge in [0.15, 0.2) is 0 Å². The van der Waals surface area contributed by atoms with Crippen LogP contribution < -0.4 is 5.32 Å². The highest BCUT2D eigenvalue weighted by Crippen LogP contribution is 2.20. The second kappa shape index (κ2) is 9.06. The molecule has 0 aliphatic heterocycles. The highest BCUT2D eigenvalue weighted by molar-refractivity contribution is 5.21. The van der Waals surface area contributed by atoms with Crippen LogP contribution in [0.2, 0.25) is 0 Å². The highest BCUT2D eigenvalue weighted by Gasteiger charge is 2.11. The van der Waals surface area contributed by atoms with Crippen molar-refractivity contribution in [2.75, 3.05) is 26.3 Å². The van der Waals surface area contributed by atoms with Gasteiger partial charge in [-0.05, 0) is 43.0 Å². The minimum atomic E-state index is -0.163. The zero-order chi connectivity index (χ0) is 13.2. The van der Waals surface area contributed by atoms with Gasteiger partial charge in [0.1, 0.15) is 5.82 Å². The van der Waals surface area contributed by atoms with Crippen molar-refractivity contribution in [1.82, 2.24) is 5.32 Å². The van der Waals surface area contributed by atoms with Gasteiger partial charge in [-0.3, -0.25) is 0 Å². The van der Waals surface area contributed by atoms with Crippen LogP contribution in [0.5, 0.6) is 0 Å². The maximum Gasteiger partial charge on any atom is 0.123 e. The lowest BCUT2D eigenvalue weighted by Crippen LogP contribution is -2.22. The van der Waals surface area contributed by atoms with E-state index < -0.39 is 0 Å².